The van der Waals surface area contributed by atoms with Crippen LogP contribution in [0.2, 0.25) is 0 Å². The average molecular weight is 227 g/mol. The lowest BCUT2D eigenvalue weighted by molar-refractivity contribution is 0.399. The summed E-state index contributed by atoms with van der Waals surface area (Å²) in [6.07, 6.45) is 5.11. The number of hydrogen-bond acceptors (Lipinski definition) is 3. The van der Waals surface area contributed by atoms with Gasteiger partial charge in [0.25, 0.3) is 10.2 Å². The van der Waals surface area contributed by atoms with Crippen molar-refractivity contribution in [1.29, 1.82) is 0 Å². The van der Waals surface area contributed by atoms with Gasteiger partial charge in [-0.2, -0.15) is 12.7 Å². The third kappa shape index (κ3) is 2.74. The van der Waals surface area contributed by atoms with Crippen molar-refractivity contribution in [2.45, 2.75) is 25.4 Å². The summed E-state index contributed by atoms with van der Waals surface area (Å²) in [5.41, 5.74) is 0.860. The molecule has 0 atom stereocenters. The first-order valence-electron chi connectivity index (χ1n) is 4.76. The molecule has 0 aliphatic heterocycles. The summed E-state index contributed by atoms with van der Waals surface area (Å²) >= 11 is 0. The van der Waals surface area contributed by atoms with Crippen molar-refractivity contribution in [3.8, 4) is 0 Å². The highest BCUT2D eigenvalue weighted by atomic mass is 32.2. The first-order valence-corrected chi connectivity index (χ1v) is 6.26. The van der Waals surface area contributed by atoms with Gasteiger partial charge in [-0.15, -0.1) is 0 Å². The highest BCUT2D eigenvalue weighted by Gasteiger charge is 2.35. The third-order valence-electron chi connectivity index (χ3n) is 2.34. The molecule has 1 aromatic heterocycles. The lowest BCUT2D eigenvalue weighted by Gasteiger charge is -2.18. The maximum atomic E-state index is 11.3. The van der Waals surface area contributed by atoms with Crippen LogP contribution < -0.4 is 5.14 Å². The molecular formula is C9H13N3O2S. The second-order valence-corrected chi connectivity index (χ2v) is 5.18. The van der Waals surface area contributed by atoms with Gasteiger partial charge in [0.2, 0.25) is 0 Å². The zero-order chi connectivity index (χ0) is 10.9. The molecule has 1 fully saturated rings. The molecule has 1 heterocycles. The van der Waals surface area contributed by atoms with E-state index in [9.17, 15) is 8.42 Å². The van der Waals surface area contributed by atoms with E-state index in [4.69, 9.17) is 5.14 Å². The molecule has 0 spiro atoms. The maximum absolute atomic E-state index is 11.3. The Morgan fingerprint density at radius 3 is 2.73 bits per heavy atom. The average Bonchev–Trinajstić information content (AvgIpc) is 2.97. The Morgan fingerprint density at radius 2 is 2.27 bits per heavy atom. The summed E-state index contributed by atoms with van der Waals surface area (Å²) in [4.78, 5) is 3.94. The molecule has 6 heteroatoms. The van der Waals surface area contributed by atoms with Gasteiger partial charge in [-0.25, -0.2) is 5.14 Å². The fourth-order valence-corrected chi connectivity index (χ4v) is 2.42. The molecule has 2 rings (SSSR count). The van der Waals surface area contributed by atoms with Gasteiger partial charge in [0.15, 0.2) is 0 Å². The molecule has 0 aromatic carbocycles. The minimum absolute atomic E-state index is 0.0835. The van der Waals surface area contributed by atoms with Gasteiger partial charge in [-0.1, -0.05) is 6.07 Å². The zero-order valence-corrected chi connectivity index (χ0v) is 9.02. The van der Waals surface area contributed by atoms with E-state index in [-0.39, 0.29) is 6.04 Å². The number of hydrogen-bond donors (Lipinski definition) is 1. The molecule has 0 unspecified atom stereocenters. The molecule has 1 aliphatic carbocycles. The van der Waals surface area contributed by atoms with E-state index in [1.807, 2.05) is 6.07 Å². The predicted molar refractivity (Wildman–Crippen MR) is 55.9 cm³/mol. The number of aromatic nitrogens is 1. The number of pyridine rings is 1. The van der Waals surface area contributed by atoms with Crippen molar-refractivity contribution in [2.75, 3.05) is 0 Å². The quantitative estimate of drug-likeness (QED) is 0.801. The summed E-state index contributed by atoms with van der Waals surface area (Å²) in [5, 5.41) is 5.15. The molecule has 0 amide bonds. The van der Waals surface area contributed by atoms with Crippen LogP contribution in [0, 0.1) is 0 Å². The van der Waals surface area contributed by atoms with Crippen LogP contribution in [0.25, 0.3) is 0 Å². The highest BCUT2D eigenvalue weighted by molar-refractivity contribution is 7.86. The van der Waals surface area contributed by atoms with Crippen LogP contribution in [0.4, 0.5) is 0 Å². The van der Waals surface area contributed by atoms with Crippen molar-refractivity contribution < 1.29 is 8.42 Å². The number of nitrogens with two attached hydrogens (primary N) is 1. The zero-order valence-electron chi connectivity index (χ0n) is 8.20. The van der Waals surface area contributed by atoms with Gasteiger partial charge in [-0.05, 0) is 24.5 Å². The number of rotatable bonds is 4. The molecule has 15 heavy (non-hydrogen) atoms. The summed E-state index contributed by atoms with van der Waals surface area (Å²) in [6.45, 7) is 0.317. The van der Waals surface area contributed by atoms with Crippen LogP contribution in [-0.2, 0) is 16.8 Å². The molecule has 1 aliphatic rings. The molecule has 82 valence electrons. The molecule has 1 saturated carbocycles. The molecule has 5 nitrogen and oxygen atoms in total. The van der Waals surface area contributed by atoms with Crippen molar-refractivity contribution in [3.63, 3.8) is 0 Å². The summed E-state index contributed by atoms with van der Waals surface area (Å²) in [7, 11) is -3.59. The van der Waals surface area contributed by atoms with Crippen LogP contribution >= 0.6 is 0 Å². The van der Waals surface area contributed by atoms with Gasteiger partial charge >= 0.3 is 0 Å². The Bertz CT molecular complexity index is 428. The van der Waals surface area contributed by atoms with E-state index in [0.29, 0.717) is 6.54 Å². The van der Waals surface area contributed by atoms with Crippen molar-refractivity contribution in [1.82, 2.24) is 9.29 Å². The summed E-state index contributed by atoms with van der Waals surface area (Å²) < 4.78 is 23.9. The first kappa shape index (κ1) is 10.5. The van der Waals surface area contributed by atoms with E-state index in [0.717, 1.165) is 18.4 Å². The van der Waals surface area contributed by atoms with Crippen LogP contribution in [0.15, 0.2) is 24.5 Å². The largest absolute Gasteiger partial charge is 0.277 e. The van der Waals surface area contributed by atoms with Crippen LogP contribution in [0.1, 0.15) is 18.4 Å². The standard InChI is InChI=1S/C9H13N3O2S/c10-15(13,14)12(9-3-4-9)7-8-2-1-5-11-6-8/h1-2,5-6,9H,3-4,7H2,(H2,10,13,14). The van der Waals surface area contributed by atoms with E-state index in [1.165, 1.54) is 4.31 Å². The topological polar surface area (TPSA) is 76.3 Å². The van der Waals surface area contributed by atoms with Gasteiger partial charge in [0.05, 0.1) is 0 Å². The summed E-state index contributed by atoms with van der Waals surface area (Å²) in [6, 6.07) is 3.71. The van der Waals surface area contributed by atoms with Crippen molar-refractivity contribution in [2.24, 2.45) is 5.14 Å². The van der Waals surface area contributed by atoms with Crippen LogP contribution in [-0.4, -0.2) is 23.7 Å². The maximum Gasteiger partial charge on any atom is 0.277 e. The molecule has 2 N–H and O–H groups in total. The number of nitrogens with zero attached hydrogens (tertiary/aromatic N) is 2. The first-order chi connectivity index (χ1) is 7.07. The van der Waals surface area contributed by atoms with Crippen LogP contribution in [0.5, 0.6) is 0 Å². The third-order valence-corrected chi connectivity index (χ3v) is 3.42. The molecular weight excluding hydrogens is 214 g/mol. The second-order valence-electron chi connectivity index (χ2n) is 3.68. The predicted octanol–water partition coefficient (Wildman–Crippen LogP) is 0.250. The van der Waals surface area contributed by atoms with E-state index in [2.05, 4.69) is 4.98 Å². The minimum atomic E-state index is -3.59. The van der Waals surface area contributed by atoms with E-state index in [1.54, 1.807) is 18.5 Å². The Balaban J connectivity index is 2.14. The van der Waals surface area contributed by atoms with Gasteiger partial charge in [-0.3, -0.25) is 4.98 Å². The lowest BCUT2D eigenvalue weighted by atomic mass is 10.3. The molecule has 0 saturated heterocycles. The van der Waals surface area contributed by atoms with E-state index >= 15 is 0 Å². The Morgan fingerprint density at radius 1 is 1.53 bits per heavy atom. The van der Waals surface area contributed by atoms with Crippen LogP contribution in [0.3, 0.4) is 0 Å². The monoisotopic (exact) mass is 227 g/mol. The lowest BCUT2D eigenvalue weighted by Crippen LogP contribution is -2.37. The fourth-order valence-electron chi connectivity index (χ4n) is 1.46. The normalized spacial score (nSPS) is 16.9. The van der Waals surface area contributed by atoms with Gasteiger partial charge in [0, 0.05) is 25.0 Å². The van der Waals surface area contributed by atoms with Gasteiger partial charge < -0.3 is 0 Å². The smallest absolute Gasteiger partial charge is 0.264 e. The summed E-state index contributed by atoms with van der Waals surface area (Å²) in [5.74, 6) is 0. The minimum Gasteiger partial charge on any atom is -0.264 e. The van der Waals surface area contributed by atoms with Gasteiger partial charge in [0.1, 0.15) is 0 Å². The highest BCUT2D eigenvalue weighted by Crippen LogP contribution is 2.29. The fraction of sp³-hybridized carbons (Fsp3) is 0.444. The Kier molecular flexibility index (Phi) is 2.72. The van der Waals surface area contributed by atoms with Crippen molar-refractivity contribution >= 4 is 10.2 Å². The van der Waals surface area contributed by atoms with E-state index < -0.39 is 10.2 Å². The Labute approximate surface area is 89.1 Å². The molecule has 1 aromatic rings. The second kappa shape index (κ2) is 3.88. The SMILES string of the molecule is NS(=O)(=O)N(Cc1cccnc1)C1CC1. The molecule has 0 bridgehead atoms. The Hall–Kier alpha value is -0.980. The van der Waals surface area contributed by atoms with Crippen molar-refractivity contribution in [3.05, 3.63) is 30.1 Å². The molecule has 0 radical (unpaired) electrons.